The molecule has 0 bridgehead atoms. The van der Waals surface area contributed by atoms with E-state index in [9.17, 15) is 9.59 Å². The number of Topliss-reactive ketones (excluding diaryl/α,β-unsaturated/α-hetero) is 1. The fourth-order valence-electron chi connectivity index (χ4n) is 3.91. The number of carbonyl (C=O) groups is 2. The van der Waals surface area contributed by atoms with Crippen LogP contribution in [-0.4, -0.2) is 54.6 Å². The molecular weight excluding hydrogens is 532 g/mol. The molecule has 0 fully saturated rings. The van der Waals surface area contributed by atoms with E-state index in [-0.39, 0.29) is 12.3 Å². The topological polar surface area (TPSA) is 141 Å². The first-order chi connectivity index (χ1) is 19.5. The van der Waals surface area contributed by atoms with E-state index in [1.54, 1.807) is 55.5 Å². The quantitative estimate of drug-likeness (QED) is 0.192. The molecular formula is C28H23ClN8O3. The summed E-state index contributed by atoms with van der Waals surface area (Å²) in [5, 5.41) is 21.7. The van der Waals surface area contributed by atoms with Crippen molar-refractivity contribution in [2.75, 3.05) is 11.9 Å². The third-order valence-corrected chi connectivity index (χ3v) is 6.11. The number of anilines is 1. The molecule has 0 saturated carbocycles. The maximum Gasteiger partial charge on any atom is 0.244 e. The normalized spacial score (nSPS) is 11.8. The van der Waals surface area contributed by atoms with E-state index in [1.165, 1.54) is 17.1 Å². The zero-order chi connectivity index (χ0) is 27.9. The van der Waals surface area contributed by atoms with E-state index >= 15 is 0 Å². The second-order valence-corrected chi connectivity index (χ2v) is 9.11. The fraction of sp³-hybridized carbons (Fsp3) is 0.107. The lowest BCUT2D eigenvalue weighted by atomic mass is 10.0. The van der Waals surface area contributed by atoms with Gasteiger partial charge in [0.2, 0.25) is 17.6 Å². The van der Waals surface area contributed by atoms with Crippen molar-refractivity contribution in [1.29, 1.82) is 0 Å². The molecule has 12 heteroatoms. The summed E-state index contributed by atoms with van der Waals surface area (Å²) in [5.74, 6) is 0.279. The highest BCUT2D eigenvalue weighted by Crippen LogP contribution is 2.21. The monoisotopic (exact) mass is 554 g/mol. The SMILES string of the molecule is Cc1nc(-c2ccc(NCC(NC(=O)/C=C/c3cc(Cl)ccc3-n3cnnn3)C(=O)c3ccccc3)cc2)no1. The first-order valence-electron chi connectivity index (χ1n) is 12.2. The van der Waals surface area contributed by atoms with E-state index in [4.69, 9.17) is 16.1 Å². The smallest absolute Gasteiger partial charge is 0.244 e. The standard InChI is InChI=1S/C28H23ClN8O3/c1-18-32-28(34-40-18)20-7-11-23(12-8-20)30-16-24(27(39)19-5-3-2-4-6-19)33-26(38)14-9-21-15-22(29)10-13-25(21)37-17-31-35-36-37/h2-15,17,24,30H,16H2,1H3,(H,33,38)/b14-9+. The molecule has 40 heavy (non-hydrogen) atoms. The molecule has 0 aliphatic carbocycles. The number of aromatic nitrogens is 6. The first kappa shape index (κ1) is 26.4. The lowest BCUT2D eigenvalue weighted by Gasteiger charge is -2.18. The van der Waals surface area contributed by atoms with Crippen LogP contribution in [0.4, 0.5) is 5.69 Å². The van der Waals surface area contributed by atoms with Gasteiger partial charge >= 0.3 is 0 Å². The van der Waals surface area contributed by atoms with Crippen LogP contribution in [0.3, 0.4) is 0 Å². The number of nitrogens with one attached hydrogen (secondary N) is 2. The molecule has 2 aromatic heterocycles. The maximum absolute atomic E-state index is 13.3. The predicted molar refractivity (Wildman–Crippen MR) is 149 cm³/mol. The molecule has 11 nitrogen and oxygen atoms in total. The largest absolute Gasteiger partial charge is 0.383 e. The highest BCUT2D eigenvalue weighted by Gasteiger charge is 2.21. The van der Waals surface area contributed by atoms with Crippen LogP contribution in [-0.2, 0) is 4.79 Å². The first-order valence-corrected chi connectivity index (χ1v) is 12.6. The molecule has 0 aliphatic rings. The average Bonchev–Trinajstić information content (AvgIpc) is 3.67. The number of tetrazole rings is 1. The van der Waals surface area contributed by atoms with Crippen molar-refractivity contribution in [3.8, 4) is 17.1 Å². The van der Waals surface area contributed by atoms with Gasteiger partial charge in [-0.1, -0.05) is 47.1 Å². The highest BCUT2D eigenvalue weighted by molar-refractivity contribution is 6.30. The van der Waals surface area contributed by atoms with Crippen LogP contribution in [0, 0.1) is 6.92 Å². The molecule has 3 aromatic carbocycles. The molecule has 1 unspecified atom stereocenters. The fourth-order valence-corrected chi connectivity index (χ4v) is 4.09. The second kappa shape index (κ2) is 12.1. The number of ketones is 1. The van der Waals surface area contributed by atoms with Crippen LogP contribution in [0.25, 0.3) is 23.2 Å². The molecule has 0 spiro atoms. The number of hydrogen-bond donors (Lipinski definition) is 2. The molecule has 5 aromatic rings. The number of aryl methyl sites for hydroxylation is 1. The number of hydrogen-bond acceptors (Lipinski definition) is 9. The summed E-state index contributed by atoms with van der Waals surface area (Å²) in [4.78, 5) is 30.5. The third-order valence-electron chi connectivity index (χ3n) is 5.87. The summed E-state index contributed by atoms with van der Waals surface area (Å²) in [7, 11) is 0. The second-order valence-electron chi connectivity index (χ2n) is 8.68. The number of halogens is 1. The molecule has 1 amide bonds. The van der Waals surface area contributed by atoms with Crippen molar-refractivity contribution >= 4 is 35.1 Å². The van der Waals surface area contributed by atoms with Gasteiger partial charge in [0.25, 0.3) is 0 Å². The molecule has 1 atom stereocenters. The van der Waals surface area contributed by atoms with Gasteiger partial charge in [-0.15, -0.1) is 5.10 Å². The number of amides is 1. The maximum atomic E-state index is 13.3. The van der Waals surface area contributed by atoms with Gasteiger partial charge in [0.15, 0.2) is 5.78 Å². The van der Waals surface area contributed by atoms with E-state index in [1.807, 2.05) is 30.3 Å². The van der Waals surface area contributed by atoms with E-state index in [0.29, 0.717) is 33.6 Å². The van der Waals surface area contributed by atoms with E-state index < -0.39 is 11.9 Å². The molecule has 5 rings (SSSR count). The van der Waals surface area contributed by atoms with Crippen molar-refractivity contribution in [2.45, 2.75) is 13.0 Å². The lowest BCUT2D eigenvalue weighted by Crippen LogP contribution is -2.44. The molecule has 2 heterocycles. The molecule has 2 N–H and O–H groups in total. The Bertz CT molecular complexity index is 1630. The van der Waals surface area contributed by atoms with Gasteiger partial charge in [-0.05, 0) is 59.0 Å². The summed E-state index contributed by atoms with van der Waals surface area (Å²) in [6.07, 6.45) is 4.37. The predicted octanol–water partition coefficient (Wildman–Crippen LogP) is 4.17. The van der Waals surface area contributed by atoms with E-state index in [0.717, 1.165) is 11.3 Å². The van der Waals surface area contributed by atoms with Gasteiger partial charge in [0.05, 0.1) is 5.69 Å². The zero-order valence-corrected chi connectivity index (χ0v) is 22.0. The molecule has 0 radical (unpaired) electrons. The molecule has 0 aliphatic heterocycles. The Morgan fingerprint density at radius 1 is 1.07 bits per heavy atom. The van der Waals surface area contributed by atoms with Crippen LogP contribution >= 0.6 is 11.6 Å². The van der Waals surface area contributed by atoms with Gasteiger partial charge in [0.1, 0.15) is 12.4 Å². The summed E-state index contributed by atoms with van der Waals surface area (Å²) in [6, 6.07) is 20.4. The van der Waals surface area contributed by atoms with Gasteiger partial charge in [-0.3, -0.25) is 9.59 Å². The minimum atomic E-state index is -0.850. The Kier molecular flexibility index (Phi) is 8.02. The van der Waals surface area contributed by atoms with Crippen LogP contribution < -0.4 is 10.6 Å². The molecule has 0 saturated heterocycles. The van der Waals surface area contributed by atoms with Gasteiger partial charge in [0, 0.05) is 46.9 Å². The minimum Gasteiger partial charge on any atom is -0.383 e. The Balaban J connectivity index is 1.31. The summed E-state index contributed by atoms with van der Waals surface area (Å²) >= 11 is 6.17. The Hall–Kier alpha value is -5.16. The summed E-state index contributed by atoms with van der Waals surface area (Å²) < 4.78 is 6.50. The number of nitrogens with zero attached hydrogens (tertiary/aromatic N) is 6. The van der Waals surface area contributed by atoms with Crippen molar-refractivity contribution in [3.05, 3.63) is 107 Å². The van der Waals surface area contributed by atoms with Gasteiger partial charge in [-0.25, -0.2) is 0 Å². The van der Waals surface area contributed by atoms with Crippen molar-refractivity contribution in [3.63, 3.8) is 0 Å². The molecule has 200 valence electrons. The Labute approximate surface area is 233 Å². The number of benzene rings is 3. The van der Waals surface area contributed by atoms with Crippen LogP contribution in [0.15, 0.2) is 89.7 Å². The van der Waals surface area contributed by atoms with Crippen molar-refractivity contribution < 1.29 is 14.1 Å². The van der Waals surface area contributed by atoms with Crippen molar-refractivity contribution in [1.82, 2.24) is 35.7 Å². The average molecular weight is 555 g/mol. The zero-order valence-electron chi connectivity index (χ0n) is 21.2. The summed E-state index contributed by atoms with van der Waals surface area (Å²) in [6.45, 7) is 1.88. The van der Waals surface area contributed by atoms with Gasteiger partial charge in [-0.2, -0.15) is 9.67 Å². The minimum absolute atomic E-state index is 0.154. The van der Waals surface area contributed by atoms with Crippen LogP contribution in [0.2, 0.25) is 5.02 Å². The van der Waals surface area contributed by atoms with E-state index in [2.05, 4.69) is 36.3 Å². The Morgan fingerprint density at radius 3 is 2.58 bits per heavy atom. The number of rotatable bonds is 10. The van der Waals surface area contributed by atoms with Crippen LogP contribution in [0.1, 0.15) is 21.8 Å². The van der Waals surface area contributed by atoms with Crippen LogP contribution in [0.5, 0.6) is 0 Å². The Morgan fingerprint density at radius 2 is 1.88 bits per heavy atom. The van der Waals surface area contributed by atoms with Gasteiger partial charge < -0.3 is 15.2 Å². The highest BCUT2D eigenvalue weighted by atomic mass is 35.5. The van der Waals surface area contributed by atoms with Crippen molar-refractivity contribution in [2.24, 2.45) is 0 Å². The third kappa shape index (κ3) is 6.45. The lowest BCUT2D eigenvalue weighted by molar-refractivity contribution is -0.116. The number of carbonyl (C=O) groups excluding carboxylic acids is 2. The summed E-state index contributed by atoms with van der Waals surface area (Å²) in [5.41, 5.74) is 3.29.